The molecule has 1 saturated heterocycles. The standard InChI is InChI=1S/C16H34N2O3/c1-2-3-11-19-13-15-21-16-14-20-12-7-17-6-10-18-8-4-5-9-18/h17H,2-16H2,1H3. The molecule has 1 aliphatic heterocycles. The van der Waals surface area contributed by atoms with Crippen LogP contribution in [0.3, 0.4) is 0 Å². The van der Waals surface area contributed by atoms with Gasteiger partial charge in [0, 0.05) is 26.2 Å². The average molecular weight is 302 g/mol. The molecule has 1 aliphatic rings. The predicted octanol–water partition coefficient (Wildman–Crippen LogP) is 1.52. The van der Waals surface area contributed by atoms with Gasteiger partial charge in [-0.1, -0.05) is 13.3 Å². The van der Waals surface area contributed by atoms with Gasteiger partial charge in [0.2, 0.25) is 0 Å². The molecule has 0 atom stereocenters. The van der Waals surface area contributed by atoms with E-state index in [0.717, 1.165) is 32.7 Å². The molecule has 1 heterocycles. The van der Waals surface area contributed by atoms with Crippen LogP contribution in [-0.2, 0) is 14.2 Å². The molecule has 0 unspecified atom stereocenters. The molecule has 0 bridgehead atoms. The van der Waals surface area contributed by atoms with Crippen LogP contribution in [0.4, 0.5) is 0 Å². The molecule has 1 rings (SSSR count). The van der Waals surface area contributed by atoms with Crippen molar-refractivity contribution in [2.75, 3.05) is 72.4 Å². The topological polar surface area (TPSA) is 43.0 Å². The third-order valence-corrected chi connectivity index (χ3v) is 3.61. The van der Waals surface area contributed by atoms with Crippen molar-refractivity contribution in [1.82, 2.24) is 10.2 Å². The minimum Gasteiger partial charge on any atom is -0.379 e. The summed E-state index contributed by atoms with van der Waals surface area (Å²) in [5, 5.41) is 3.42. The molecule has 0 spiro atoms. The van der Waals surface area contributed by atoms with E-state index in [1.807, 2.05) is 0 Å². The first-order valence-electron chi connectivity index (χ1n) is 8.59. The summed E-state index contributed by atoms with van der Waals surface area (Å²) in [4.78, 5) is 2.52. The van der Waals surface area contributed by atoms with E-state index in [1.165, 1.54) is 38.9 Å². The molecule has 0 amide bonds. The molecule has 1 N–H and O–H groups in total. The van der Waals surface area contributed by atoms with Gasteiger partial charge in [0.25, 0.3) is 0 Å². The van der Waals surface area contributed by atoms with Gasteiger partial charge in [-0.25, -0.2) is 0 Å². The van der Waals surface area contributed by atoms with Crippen molar-refractivity contribution in [1.29, 1.82) is 0 Å². The molecule has 0 saturated carbocycles. The van der Waals surface area contributed by atoms with Crippen LogP contribution < -0.4 is 5.32 Å². The fourth-order valence-corrected chi connectivity index (χ4v) is 2.30. The number of ether oxygens (including phenoxy) is 3. The molecule has 126 valence electrons. The Labute approximate surface area is 130 Å². The number of nitrogens with zero attached hydrogens (tertiary/aromatic N) is 1. The minimum atomic E-state index is 0.658. The van der Waals surface area contributed by atoms with E-state index in [-0.39, 0.29) is 0 Å². The van der Waals surface area contributed by atoms with E-state index in [0.29, 0.717) is 26.4 Å². The lowest BCUT2D eigenvalue weighted by molar-refractivity contribution is 0.0146. The fourth-order valence-electron chi connectivity index (χ4n) is 2.30. The van der Waals surface area contributed by atoms with Gasteiger partial charge in [0.15, 0.2) is 0 Å². The molecule has 0 aromatic rings. The van der Waals surface area contributed by atoms with E-state index < -0.39 is 0 Å². The van der Waals surface area contributed by atoms with Crippen molar-refractivity contribution >= 4 is 0 Å². The Kier molecular flexibility index (Phi) is 13.2. The number of unbranched alkanes of at least 4 members (excludes halogenated alkanes) is 1. The Balaban J connectivity index is 1.65. The highest BCUT2D eigenvalue weighted by molar-refractivity contribution is 4.66. The van der Waals surface area contributed by atoms with E-state index in [9.17, 15) is 0 Å². The van der Waals surface area contributed by atoms with E-state index >= 15 is 0 Å². The zero-order chi connectivity index (χ0) is 15.0. The quantitative estimate of drug-likeness (QED) is 0.465. The number of likely N-dealkylation sites (tertiary alicyclic amines) is 1. The highest BCUT2D eigenvalue weighted by Crippen LogP contribution is 2.05. The number of nitrogens with one attached hydrogen (secondary N) is 1. The lowest BCUT2D eigenvalue weighted by atomic mass is 10.4. The Morgan fingerprint density at radius 1 is 0.810 bits per heavy atom. The fraction of sp³-hybridized carbons (Fsp3) is 1.00. The molecule has 0 radical (unpaired) electrons. The number of hydrogen-bond donors (Lipinski definition) is 1. The van der Waals surface area contributed by atoms with Crippen LogP contribution in [0.15, 0.2) is 0 Å². The lowest BCUT2D eigenvalue weighted by Gasteiger charge is -2.14. The first-order chi connectivity index (χ1) is 10.4. The van der Waals surface area contributed by atoms with Gasteiger partial charge < -0.3 is 24.4 Å². The molecule has 1 fully saturated rings. The Bertz CT molecular complexity index is 212. The Hall–Kier alpha value is -0.200. The van der Waals surface area contributed by atoms with E-state index in [4.69, 9.17) is 14.2 Å². The van der Waals surface area contributed by atoms with Crippen molar-refractivity contribution in [2.24, 2.45) is 0 Å². The zero-order valence-electron chi connectivity index (χ0n) is 13.8. The summed E-state index contributed by atoms with van der Waals surface area (Å²) in [7, 11) is 0. The zero-order valence-corrected chi connectivity index (χ0v) is 13.8. The first kappa shape index (κ1) is 18.8. The summed E-state index contributed by atoms with van der Waals surface area (Å²) in [6.45, 7) is 12.2. The Morgan fingerprint density at radius 3 is 2.10 bits per heavy atom. The van der Waals surface area contributed by atoms with Crippen LogP contribution in [0.25, 0.3) is 0 Å². The van der Waals surface area contributed by atoms with Crippen LogP contribution in [0.1, 0.15) is 32.6 Å². The van der Waals surface area contributed by atoms with Crippen LogP contribution in [0, 0.1) is 0 Å². The van der Waals surface area contributed by atoms with Crippen LogP contribution in [-0.4, -0.2) is 77.3 Å². The monoisotopic (exact) mass is 302 g/mol. The minimum absolute atomic E-state index is 0.658. The summed E-state index contributed by atoms with van der Waals surface area (Å²) in [5.41, 5.74) is 0. The second-order valence-corrected chi connectivity index (χ2v) is 5.49. The van der Waals surface area contributed by atoms with Gasteiger partial charge in [0.05, 0.1) is 33.0 Å². The van der Waals surface area contributed by atoms with Gasteiger partial charge in [-0.05, 0) is 32.4 Å². The van der Waals surface area contributed by atoms with Gasteiger partial charge in [-0.3, -0.25) is 0 Å². The maximum Gasteiger partial charge on any atom is 0.0701 e. The molecule has 0 aromatic heterocycles. The van der Waals surface area contributed by atoms with Crippen LogP contribution in [0.5, 0.6) is 0 Å². The van der Waals surface area contributed by atoms with Gasteiger partial charge in [0.1, 0.15) is 0 Å². The first-order valence-corrected chi connectivity index (χ1v) is 8.59. The molecule has 0 aromatic carbocycles. The summed E-state index contributed by atoms with van der Waals surface area (Å²) >= 11 is 0. The summed E-state index contributed by atoms with van der Waals surface area (Å²) in [6, 6.07) is 0. The van der Waals surface area contributed by atoms with Gasteiger partial charge in [-0.15, -0.1) is 0 Å². The smallest absolute Gasteiger partial charge is 0.0701 e. The van der Waals surface area contributed by atoms with Crippen molar-refractivity contribution in [2.45, 2.75) is 32.6 Å². The largest absolute Gasteiger partial charge is 0.379 e. The van der Waals surface area contributed by atoms with Gasteiger partial charge >= 0.3 is 0 Å². The van der Waals surface area contributed by atoms with E-state index in [1.54, 1.807) is 0 Å². The maximum atomic E-state index is 5.51. The molecule has 21 heavy (non-hydrogen) atoms. The average Bonchev–Trinajstić information content (AvgIpc) is 3.01. The SMILES string of the molecule is CCCCOCCOCCOCCNCCN1CCCC1. The number of rotatable bonds is 15. The second kappa shape index (κ2) is 14.7. The maximum absolute atomic E-state index is 5.51. The van der Waals surface area contributed by atoms with Gasteiger partial charge in [-0.2, -0.15) is 0 Å². The van der Waals surface area contributed by atoms with Crippen molar-refractivity contribution < 1.29 is 14.2 Å². The third kappa shape index (κ3) is 12.1. The summed E-state index contributed by atoms with van der Waals surface area (Å²) < 4.78 is 16.3. The van der Waals surface area contributed by atoms with Crippen molar-refractivity contribution in [3.8, 4) is 0 Å². The normalized spacial score (nSPS) is 15.9. The summed E-state index contributed by atoms with van der Waals surface area (Å²) in [6.07, 6.45) is 5.05. The van der Waals surface area contributed by atoms with Crippen LogP contribution >= 0.6 is 0 Å². The highest BCUT2D eigenvalue weighted by Gasteiger charge is 2.09. The van der Waals surface area contributed by atoms with E-state index in [2.05, 4.69) is 17.1 Å². The molecular weight excluding hydrogens is 268 g/mol. The Morgan fingerprint density at radius 2 is 1.43 bits per heavy atom. The lowest BCUT2D eigenvalue weighted by Crippen LogP contribution is -2.31. The van der Waals surface area contributed by atoms with Crippen molar-refractivity contribution in [3.05, 3.63) is 0 Å². The highest BCUT2D eigenvalue weighted by atomic mass is 16.5. The third-order valence-electron chi connectivity index (χ3n) is 3.61. The summed E-state index contributed by atoms with van der Waals surface area (Å²) in [5.74, 6) is 0. The predicted molar refractivity (Wildman–Crippen MR) is 85.9 cm³/mol. The van der Waals surface area contributed by atoms with Crippen LogP contribution in [0.2, 0.25) is 0 Å². The molecule has 0 aliphatic carbocycles. The molecular formula is C16H34N2O3. The van der Waals surface area contributed by atoms with Crippen molar-refractivity contribution in [3.63, 3.8) is 0 Å². The molecule has 5 heteroatoms. The second-order valence-electron chi connectivity index (χ2n) is 5.49. The molecule has 5 nitrogen and oxygen atoms in total. The number of hydrogen-bond acceptors (Lipinski definition) is 5.